The number of carbonyl (C=O) groups excluding carboxylic acids is 4. The van der Waals surface area contributed by atoms with Gasteiger partial charge in [-0.25, -0.2) is 4.79 Å². The van der Waals surface area contributed by atoms with E-state index >= 15 is 0 Å². The van der Waals surface area contributed by atoms with E-state index in [9.17, 15) is 19.2 Å². The van der Waals surface area contributed by atoms with Gasteiger partial charge in [0.25, 0.3) is 5.97 Å². The molecule has 11 nitrogen and oxygen atoms in total. The number of rotatable bonds is 13. The molecule has 12 heteroatoms. The maximum absolute atomic E-state index is 12.8. The van der Waals surface area contributed by atoms with Crippen LogP contribution in [0.1, 0.15) is 33.1 Å². The van der Waals surface area contributed by atoms with E-state index in [1.54, 1.807) is 0 Å². The molecule has 4 N–H and O–H groups in total. The zero-order chi connectivity index (χ0) is 24.9. The van der Waals surface area contributed by atoms with Crippen LogP contribution in [0.2, 0.25) is 0 Å². The third-order valence-electron chi connectivity index (χ3n) is 4.78. The van der Waals surface area contributed by atoms with Crippen LogP contribution in [0.3, 0.4) is 0 Å². The molecule has 1 unspecified atom stereocenters. The molecule has 0 aromatic heterocycles. The van der Waals surface area contributed by atoms with Gasteiger partial charge in [-0.1, -0.05) is 25.6 Å². The molecule has 0 radical (unpaired) electrons. The minimum Gasteiger partial charge on any atom is -0.466 e. The normalized spacial score (nSPS) is 22.0. The maximum Gasteiger partial charge on any atom is 0.330 e. The van der Waals surface area contributed by atoms with Crippen molar-refractivity contribution in [2.75, 3.05) is 46.2 Å². The Hall–Kier alpha value is -1.99. The van der Waals surface area contributed by atoms with Crippen molar-refractivity contribution in [2.24, 2.45) is 11.1 Å². The summed E-state index contributed by atoms with van der Waals surface area (Å²) in [5.41, 5.74) is 4.97. The first kappa shape index (κ1) is 29.0. The largest absolute Gasteiger partial charge is 0.466 e. The van der Waals surface area contributed by atoms with Crippen molar-refractivity contribution in [2.45, 2.75) is 45.2 Å². The third kappa shape index (κ3) is 10.2. The zero-order valence-electron chi connectivity index (χ0n) is 19.6. The van der Waals surface area contributed by atoms with Gasteiger partial charge in [0.1, 0.15) is 6.10 Å². The number of hydrogen-bond donors (Lipinski definition) is 3. The highest BCUT2D eigenvalue weighted by molar-refractivity contribution is 8.14. The second-order valence-corrected chi connectivity index (χ2v) is 9.07. The lowest BCUT2D eigenvalue weighted by atomic mass is 9.85. The fraction of sp³-hybridized carbons (Fsp3) is 0.714. The Kier molecular flexibility index (Phi) is 12.6. The summed E-state index contributed by atoms with van der Waals surface area (Å²) in [6, 6.07) is 0. The lowest BCUT2D eigenvalue weighted by molar-refractivity contribution is -0.425. The van der Waals surface area contributed by atoms with E-state index in [0.717, 1.165) is 23.9 Å². The van der Waals surface area contributed by atoms with Crippen molar-refractivity contribution < 1.29 is 38.1 Å². The van der Waals surface area contributed by atoms with Gasteiger partial charge in [0.05, 0.1) is 13.7 Å². The summed E-state index contributed by atoms with van der Waals surface area (Å²) in [6.07, 6.45) is 2.39. The van der Waals surface area contributed by atoms with Gasteiger partial charge in [-0.3, -0.25) is 14.4 Å². The number of nitrogens with one attached hydrogen (secondary N) is 2. The molecular formula is C21H35N3O8S. The molecule has 0 aliphatic carbocycles. The molecule has 0 aromatic carbocycles. The van der Waals surface area contributed by atoms with Crippen molar-refractivity contribution >= 4 is 34.7 Å². The van der Waals surface area contributed by atoms with Crippen molar-refractivity contribution in [3.63, 3.8) is 0 Å². The van der Waals surface area contributed by atoms with Crippen LogP contribution in [0.5, 0.6) is 0 Å². The summed E-state index contributed by atoms with van der Waals surface area (Å²) in [7, 11) is 2.67. The first-order valence-electron chi connectivity index (χ1n) is 10.6. The van der Waals surface area contributed by atoms with Crippen LogP contribution in [0.4, 0.5) is 0 Å². The van der Waals surface area contributed by atoms with Gasteiger partial charge in [-0.2, -0.15) is 0 Å². The van der Waals surface area contributed by atoms with Crippen LogP contribution >= 0.6 is 11.8 Å². The molecule has 1 fully saturated rings. The third-order valence-corrected chi connectivity index (χ3v) is 5.61. The Labute approximate surface area is 198 Å². The van der Waals surface area contributed by atoms with Gasteiger partial charge in [-0.15, -0.1) is 0 Å². The molecule has 33 heavy (non-hydrogen) atoms. The molecule has 0 saturated carbocycles. The number of hydrogen-bond acceptors (Lipinski definition) is 10. The lowest BCUT2D eigenvalue weighted by Gasteiger charge is -2.46. The molecule has 1 saturated heterocycles. The van der Waals surface area contributed by atoms with Gasteiger partial charge in [0.2, 0.25) is 16.9 Å². The molecule has 2 atom stereocenters. The van der Waals surface area contributed by atoms with Crippen LogP contribution in [-0.2, 0) is 38.1 Å². The second-order valence-electron chi connectivity index (χ2n) is 7.97. The SMILES string of the molecule is COC(=O)/C=C/C(=O)SCCNC(=O)CCNC(=O)[C@@H]1OC(CCCN)(OC)OCC1(C)C. The standard InChI is InChI=1S/C21H35N3O8S/c1-20(2)14-31-21(30-4,9-5-10-22)32-18(20)19(28)24-11-8-15(25)23-12-13-33-17(27)7-6-16(26)29-3/h6-7,18H,5,8-14,22H2,1-4H3,(H,23,25)(H,24,28)/b7-6+/t18-,21?/m0/s1. The monoisotopic (exact) mass is 489 g/mol. The molecule has 0 bridgehead atoms. The highest BCUT2D eigenvalue weighted by atomic mass is 32.2. The van der Waals surface area contributed by atoms with E-state index in [1.165, 1.54) is 14.2 Å². The van der Waals surface area contributed by atoms with Crippen LogP contribution in [0.25, 0.3) is 0 Å². The predicted molar refractivity (Wildman–Crippen MR) is 122 cm³/mol. The smallest absolute Gasteiger partial charge is 0.330 e. The van der Waals surface area contributed by atoms with Gasteiger partial charge in [-0.05, 0) is 19.0 Å². The highest BCUT2D eigenvalue weighted by Crippen LogP contribution is 2.37. The highest BCUT2D eigenvalue weighted by Gasteiger charge is 2.50. The summed E-state index contributed by atoms with van der Waals surface area (Å²) in [4.78, 5) is 47.2. The topological polar surface area (TPSA) is 155 Å². The molecule has 2 amide bonds. The quantitative estimate of drug-likeness (QED) is 0.184. The van der Waals surface area contributed by atoms with Gasteiger partial charge < -0.3 is 35.3 Å². The van der Waals surface area contributed by atoms with Gasteiger partial charge in [0.15, 0.2) is 0 Å². The molecule has 1 aliphatic heterocycles. The average Bonchev–Trinajstić information content (AvgIpc) is 2.79. The molecule has 1 heterocycles. The zero-order valence-corrected chi connectivity index (χ0v) is 20.5. The number of esters is 1. The molecule has 1 rings (SSSR count). The first-order valence-corrected chi connectivity index (χ1v) is 11.6. The number of carbonyl (C=O) groups is 4. The summed E-state index contributed by atoms with van der Waals surface area (Å²) in [5, 5.41) is 5.07. The summed E-state index contributed by atoms with van der Waals surface area (Å²) in [6.45, 7) is 4.79. The van der Waals surface area contributed by atoms with Crippen LogP contribution in [0, 0.1) is 5.41 Å². The van der Waals surface area contributed by atoms with Crippen molar-refractivity contribution in [1.29, 1.82) is 0 Å². The summed E-state index contributed by atoms with van der Waals surface area (Å²) < 4.78 is 21.5. The van der Waals surface area contributed by atoms with Crippen molar-refractivity contribution in [3.05, 3.63) is 12.2 Å². The number of ether oxygens (including phenoxy) is 4. The molecule has 188 valence electrons. The minimum absolute atomic E-state index is 0.0683. The van der Waals surface area contributed by atoms with E-state index < -0.39 is 23.5 Å². The summed E-state index contributed by atoms with van der Waals surface area (Å²) in [5.74, 6) is -2.22. The molecule has 0 aromatic rings. The number of nitrogens with two attached hydrogens (primary N) is 1. The number of amides is 2. The maximum atomic E-state index is 12.8. The Morgan fingerprint density at radius 2 is 1.88 bits per heavy atom. The molecular weight excluding hydrogens is 454 g/mol. The van der Waals surface area contributed by atoms with Crippen molar-refractivity contribution in [1.82, 2.24) is 10.6 Å². The average molecular weight is 490 g/mol. The van der Waals surface area contributed by atoms with Crippen LogP contribution in [0.15, 0.2) is 12.2 Å². The molecule has 1 aliphatic rings. The Morgan fingerprint density at radius 3 is 2.52 bits per heavy atom. The van der Waals surface area contributed by atoms with Crippen LogP contribution < -0.4 is 16.4 Å². The number of thioether (sulfide) groups is 1. The minimum atomic E-state index is -1.32. The molecule has 0 spiro atoms. The number of methoxy groups -OCH3 is 2. The predicted octanol–water partition coefficient (Wildman–Crippen LogP) is 0.0786. The van der Waals surface area contributed by atoms with Crippen LogP contribution in [-0.4, -0.2) is 81.2 Å². The Balaban J connectivity index is 2.39. The summed E-state index contributed by atoms with van der Waals surface area (Å²) >= 11 is 0.960. The fourth-order valence-corrected chi connectivity index (χ4v) is 3.46. The van der Waals surface area contributed by atoms with Crippen molar-refractivity contribution in [3.8, 4) is 0 Å². The van der Waals surface area contributed by atoms with E-state index in [1.807, 2.05) is 13.8 Å². The van der Waals surface area contributed by atoms with E-state index in [0.29, 0.717) is 25.1 Å². The first-order chi connectivity index (χ1) is 15.6. The Morgan fingerprint density at radius 1 is 1.15 bits per heavy atom. The van der Waals surface area contributed by atoms with Gasteiger partial charge in [0, 0.05) is 50.3 Å². The van der Waals surface area contributed by atoms with E-state index in [4.69, 9.17) is 19.9 Å². The van der Waals surface area contributed by atoms with E-state index in [2.05, 4.69) is 15.4 Å². The fourth-order valence-electron chi connectivity index (χ4n) is 2.89. The lowest BCUT2D eigenvalue weighted by Crippen LogP contribution is -2.59. The van der Waals surface area contributed by atoms with E-state index in [-0.39, 0.29) is 43.0 Å². The Bertz CT molecular complexity index is 716. The second kappa shape index (κ2) is 14.3. The van der Waals surface area contributed by atoms with Gasteiger partial charge >= 0.3 is 5.97 Å².